The highest BCUT2D eigenvalue weighted by molar-refractivity contribution is 5.04. The van der Waals surface area contributed by atoms with Crippen LogP contribution in [0.3, 0.4) is 0 Å². The van der Waals surface area contributed by atoms with Gasteiger partial charge in [-0.3, -0.25) is 0 Å². The Morgan fingerprint density at radius 2 is 2.53 bits per heavy atom. The van der Waals surface area contributed by atoms with Crippen molar-refractivity contribution in [3.8, 4) is 0 Å². The average Bonchev–Trinajstić information content (AvgIpc) is 2.97. The molecule has 1 aromatic heterocycles. The fraction of sp³-hybridized carbons (Fsp3) is 0.545. The maximum absolute atomic E-state index is 5.25. The normalized spacial score (nSPS) is 15.5. The number of hydrogen-bond acceptors (Lipinski definition) is 4. The van der Waals surface area contributed by atoms with Crippen LogP contribution in [0.15, 0.2) is 23.2 Å². The molecule has 82 valence electrons. The van der Waals surface area contributed by atoms with E-state index in [1.165, 1.54) is 12.8 Å². The van der Waals surface area contributed by atoms with Gasteiger partial charge in [-0.25, -0.2) is 0 Å². The van der Waals surface area contributed by atoms with E-state index in [9.17, 15) is 0 Å². The van der Waals surface area contributed by atoms with Crippen LogP contribution in [0, 0.1) is 0 Å². The second kappa shape index (κ2) is 5.09. The highest BCUT2D eigenvalue weighted by Gasteiger charge is 2.20. The van der Waals surface area contributed by atoms with Gasteiger partial charge < -0.3 is 14.6 Å². The SMILES string of the molecule is C=CCOCc1cc(CNC2CC2)no1. The molecule has 0 atom stereocenters. The van der Waals surface area contributed by atoms with Crippen molar-refractivity contribution in [2.24, 2.45) is 0 Å². The Bertz CT molecular complexity index is 318. The van der Waals surface area contributed by atoms with Crippen LogP contribution in [0.4, 0.5) is 0 Å². The summed E-state index contributed by atoms with van der Waals surface area (Å²) in [5.41, 5.74) is 0.944. The van der Waals surface area contributed by atoms with Crippen molar-refractivity contribution in [1.82, 2.24) is 10.5 Å². The minimum atomic E-state index is 0.461. The molecule has 0 bridgehead atoms. The van der Waals surface area contributed by atoms with Gasteiger partial charge in [-0.2, -0.15) is 0 Å². The van der Waals surface area contributed by atoms with Crippen LogP contribution in [0.5, 0.6) is 0 Å². The van der Waals surface area contributed by atoms with Crippen LogP contribution in [0.1, 0.15) is 24.3 Å². The number of nitrogens with one attached hydrogen (secondary N) is 1. The highest BCUT2D eigenvalue weighted by Crippen LogP contribution is 2.19. The fourth-order valence-electron chi connectivity index (χ4n) is 1.29. The number of hydrogen-bond donors (Lipinski definition) is 1. The molecule has 2 rings (SSSR count). The van der Waals surface area contributed by atoms with Crippen molar-refractivity contribution in [3.05, 3.63) is 30.2 Å². The monoisotopic (exact) mass is 208 g/mol. The van der Waals surface area contributed by atoms with Crippen LogP contribution in [0.25, 0.3) is 0 Å². The summed E-state index contributed by atoms with van der Waals surface area (Å²) in [6.45, 7) is 5.36. The number of rotatable bonds is 7. The van der Waals surface area contributed by atoms with Crippen molar-refractivity contribution in [2.75, 3.05) is 6.61 Å². The summed E-state index contributed by atoms with van der Waals surface area (Å²) in [7, 11) is 0. The van der Waals surface area contributed by atoms with E-state index in [-0.39, 0.29) is 0 Å². The van der Waals surface area contributed by atoms with Crippen LogP contribution in [-0.2, 0) is 17.9 Å². The van der Waals surface area contributed by atoms with Crippen molar-refractivity contribution in [1.29, 1.82) is 0 Å². The Kier molecular flexibility index (Phi) is 3.53. The van der Waals surface area contributed by atoms with Crippen molar-refractivity contribution in [3.63, 3.8) is 0 Å². The summed E-state index contributed by atoms with van der Waals surface area (Å²) in [5.74, 6) is 0.768. The first-order valence-electron chi connectivity index (χ1n) is 5.25. The molecular formula is C11H16N2O2. The van der Waals surface area contributed by atoms with Gasteiger partial charge in [0.05, 0.1) is 12.3 Å². The minimum Gasteiger partial charge on any atom is -0.369 e. The van der Waals surface area contributed by atoms with Gasteiger partial charge in [0.2, 0.25) is 0 Å². The molecule has 4 nitrogen and oxygen atoms in total. The summed E-state index contributed by atoms with van der Waals surface area (Å²) >= 11 is 0. The van der Waals surface area contributed by atoms with E-state index in [1.54, 1.807) is 6.08 Å². The van der Waals surface area contributed by atoms with E-state index < -0.39 is 0 Å². The predicted octanol–water partition coefficient (Wildman–Crippen LogP) is 1.63. The van der Waals surface area contributed by atoms with Gasteiger partial charge in [0.25, 0.3) is 0 Å². The molecule has 1 saturated carbocycles. The molecule has 1 N–H and O–H groups in total. The summed E-state index contributed by atoms with van der Waals surface area (Å²) in [5, 5.41) is 7.33. The van der Waals surface area contributed by atoms with Crippen molar-refractivity contribution < 1.29 is 9.26 Å². The Balaban J connectivity index is 1.72. The molecule has 0 aliphatic heterocycles. The summed E-state index contributed by atoms with van der Waals surface area (Å²) in [6.07, 6.45) is 4.28. The van der Waals surface area contributed by atoms with E-state index >= 15 is 0 Å². The maximum atomic E-state index is 5.25. The van der Waals surface area contributed by atoms with E-state index in [1.807, 2.05) is 6.07 Å². The van der Waals surface area contributed by atoms with Gasteiger partial charge in [0.1, 0.15) is 6.61 Å². The zero-order valence-electron chi connectivity index (χ0n) is 8.74. The van der Waals surface area contributed by atoms with Gasteiger partial charge in [0.15, 0.2) is 5.76 Å². The lowest BCUT2D eigenvalue weighted by Gasteiger charge is -1.96. The Morgan fingerprint density at radius 3 is 3.27 bits per heavy atom. The van der Waals surface area contributed by atoms with Crippen LogP contribution in [0.2, 0.25) is 0 Å². The second-order valence-corrected chi connectivity index (χ2v) is 3.74. The topological polar surface area (TPSA) is 47.3 Å². The largest absolute Gasteiger partial charge is 0.369 e. The molecule has 1 fully saturated rings. The molecule has 1 aliphatic rings. The Morgan fingerprint density at radius 1 is 1.67 bits per heavy atom. The molecule has 15 heavy (non-hydrogen) atoms. The van der Waals surface area contributed by atoms with Crippen LogP contribution < -0.4 is 5.32 Å². The molecule has 0 unspecified atom stereocenters. The first-order valence-corrected chi connectivity index (χ1v) is 5.25. The van der Waals surface area contributed by atoms with E-state index in [0.29, 0.717) is 19.3 Å². The third kappa shape index (κ3) is 3.49. The molecule has 1 aromatic rings. The molecule has 1 aliphatic carbocycles. The Labute approximate surface area is 89.3 Å². The number of aromatic nitrogens is 1. The molecule has 1 heterocycles. The number of nitrogens with zero attached hydrogens (tertiary/aromatic N) is 1. The van der Waals surface area contributed by atoms with Gasteiger partial charge in [-0.15, -0.1) is 6.58 Å². The Hall–Kier alpha value is -1.13. The average molecular weight is 208 g/mol. The molecule has 0 radical (unpaired) electrons. The zero-order valence-corrected chi connectivity index (χ0v) is 8.74. The third-order valence-corrected chi connectivity index (χ3v) is 2.24. The second-order valence-electron chi connectivity index (χ2n) is 3.74. The highest BCUT2D eigenvalue weighted by atomic mass is 16.5. The standard InChI is InChI=1S/C11H16N2O2/c1-2-5-14-8-11-6-10(13-15-11)7-12-9-3-4-9/h2,6,9,12H,1,3-5,7-8H2. The summed E-state index contributed by atoms with van der Waals surface area (Å²) in [6, 6.07) is 2.63. The zero-order chi connectivity index (χ0) is 10.5. The number of ether oxygens (including phenoxy) is 1. The van der Waals surface area contributed by atoms with E-state index in [4.69, 9.17) is 9.26 Å². The van der Waals surface area contributed by atoms with Gasteiger partial charge >= 0.3 is 0 Å². The lowest BCUT2D eigenvalue weighted by Crippen LogP contribution is -2.15. The van der Waals surface area contributed by atoms with Crippen molar-refractivity contribution in [2.45, 2.75) is 32.0 Å². The minimum absolute atomic E-state index is 0.461. The smallest absolute Gasteiger partial charge is 0.162 e. The molecule has 0 spiro atoms. The first kappa shape index (κ1) is 10.4. The van der Waals surface area contributed by atoms with E-state index in [2.05, 4.69) is 17.1 Å². The van der Waals surface area contributed by atoms with Gasteiger partial charge in [-0.1, -0.05) is 11.2 Å². The summed E-state index contributed by atoms with van der Waals surface area (Å²) in [4.78, 5) is 0. The first-order chi connectivity index (χ1) is 7.38. The lowest BCUT2D eigenvalue weighted by atomic mass is 10.3. The fourth-order valence-corrected chi connectivity index (χ4v) is 1.29. The quantitative estimate of drug-likeness (QED) is 0.546. The van der Waals surface area contributed by atoms with Crippen LogP contribution >= 0.6 is 0 Å². The summed E-state index contributed by atoms with van der Waals surface area (Å²) < 4.78 is 10.4. The van der Waals surface area contributed by atoms with Gasteiger partial charge in [-0.05, 0) is 12.8 Å². The predicted molar refractivity (Wildman–Crippen MR) is 56.2 cm³/mol. The van der Waals surface area contributed by atoms with E-state index in [0.717, 1.165) is 18.0 Å². The molecule has 0 aromatic carbocycles. The third-order valence-electron chi connectivity index (χ3n) is 2.24. The molecule has 4 heteroatoms. The molecule has 0 amide bonds. The maximum Gasteiger partial charge on any atom is 0.162 e. The lowest BCUT2D eigenvalue weighted by molar-refractivity contribution is 0.125. The van der Waals surface area contributed by atoms with Crippen molar-refractivity contribution >= 4 is 0 Å². The van der Waals surface area contributed by atoms with Gasteiger partial charge in [0, 0.05) is 18.7 Å². The molecule has 0 saturated heterocycles. The van der Waals surface area contributed by atoms with Crippen LogP contribution in [-0.4, -0.2) is 17.8 Å². The molecular weight excluding hydrogens is 192 g/mol.